The number of nitrogens with one attached hydrogen (secondary N) is 1. The Morgan fingerprint density at radius 3 is 2.36 bits per heavy atom. The SMILES string of the molecule is CC(=O)c1c(C)[nH]c(C(=O)N2CC=C(c3ccc(O)cc3)CC2)c1C. The second-order valence-electron chi connectivity index (χ2n) is 6.46. The molecule has 25 heavy (non-hydrogen) atoms. The number of H-pyrrole nitrogens is 1. The van der Waals surface area contributed by atoms with Gasteiger partial charge in [0.2, 0.25) is 0 Å². The highest BCUT2D eigenvalue weighted by molar-refractivity contribution is 6.02. The monoisotopic (exact) mass is 338 g/mol. The molecule has 3 rings (SSSR count). The van der Waals surface area contributed by atoms with Gasteiger partial charge in [-0.3, -0.25) is 9.59 Å². The van der Waals surface area contributed by atoms with E-state index in [1.54, 1.807) is 17.0 Å². The average molecular weight is 338 g/mol. The van der Waals surface area contributed by atoms with E-state index in [0.717, 1.165) is 23.2 Å². The number of phenols is 1. The normalized spacial score (nSPS) is 14.4. The molecular weight excluding hydrogens is 316 g/mol. The Labute approximate surface area is 147 Å². The number of carbonyl (C=O) groups is 2. The summed E-state index contributed by atoms with van der Waals surface area (Å²) in [6.07, 6.45) is 2.81. The number of carbonyl (C=O) groups excluding carboxylic acids is 2. The standard InChI is InChI=1S/C20H22N2O3/c1-12-18(14(3)23)13(2)21-19(12)20(25)22-10-8-16(9-11-22)15-4-6-17(24)7-5-15/h4-8,21,24H,9-11H2,1-3H3. The first-order valence-corrected chi connectivity index (χ1v) is 8.36. The molecule has 0 bridgehead atoms. The summed E-state index contributed by atoms with van der Waals surface area (Å²) in [5.41, 5.74) is 4.82. The fourth-order valence-electron chi connectivity index (χ4n) is 3.44. The zero-order valence-electron chi connectivity index (χ0n) is 14.7. The molecule has 2 aromatic rings. The number of phenolic OH excluding ortho intramolecular Hbond substituents is 1. The number of amides is 1. The molecule has 1 aliphatic rings. The van der Waals surface area contributed by atoms with Crippen LogP contribution in [0.4, 0.5) is 0 Å². The molecule has 5 nitrogen and oxygen atoms in total. The van der Waals surface area contributed by atoms with E-state index in [1.807, 2.05) is 32.1 Å². The summed E-state index contributed by atoms with van der Waals surface area (Å²) in [5.74, 6) is 0.142. The first-order valence-electron chi connectivity index (χ1n) is 8.36. The van der Waals surface area contributed by atoms with E-state index in [-0.39, 0.29) is 17.4 Å². The molecule has 1 amide bonds. The number of aromatic hydroxyl groups is 1. The highest BCUT2D eigenvalue weighted by atomic mass is 16.3. The highest BCUT2D eigenvalue weighted by Crippen LogP contribution is 2.26. The Hall–Kier alpha value is -2.82. The van der Waals surface area contributed by atoms with Crippen LogP contribution in [0.1, 0.15) is 51.0 Å². The smallest absolute Gasteiger partial charge is 0.270 e. The Morgan fingerprint density at radius 2 is 1.84 bits per heavy atom. The van der Waals surface area contributed by atoms with Crippen molar-refractivity contribution < 1.29 is 14.7 Å². The summed E-state index contributed by atoms with van der Waals surface area (Å²) in [6.45, 7) is 6.31. The average Bonchev–Trinajstić information content (AvgIpc) is 2.89. The molecule has 0 radical (unpaired) electrons. The lowest BCUT2D eigenvalue weighted by molar-refractivity contribution is 0.0767. The third-order valence-electron chi connectivity index (χ3n) is 4.74. The fraction of sp³-hybridized carbons (Fsp3) is 0.300. The van der Waals surface area contributed by atoms with E-state index in [9.17, 15) is 14.7 Å². The molecular formula is C20H22N2O3. The van der Waals surface area contributed by atoms with Gasteiger partial charge in [-0.25, -0.2) is 0 Å². The van der Waals surface area contributed by atoms with Gasteiger partial charge >= 0.3 is 0 Å². The molecule has 0 atom stereocenters. The van der Waals surface area contributed by atoms with Gasteiger partial charge in [-0.15, -0.1) is 0 Å². The van der Waals surface area contributed by atoms with E-state index in [1.165, 1.54) is 12.5 Å². The molecule has 1 aromatic carbocycles. The van der Waals surface area contributed by atoms with Crippen molar-refractivity contribution in [3.05, 3.63) is 58.4 Å². The minimum Gasteiger partial charge on any atom is -0.508 e. The highest BCUT2D eigenvalue weighted by Gasteiger charge is 2.25. The third kappa shape index (κ3) is 3.22. The molecule has 2 N–H and O–H groups in total. The van der Waals surface area contributed by atoms with E-state index in [2.05, 4.69) is 4.98 Å². The number of hydrogen-bond acceptors (Lipinski definition) is 3. The minimum atomic E-state index is -0.0749. The molecule has 0 spiro atoms. The van der Waals surface area contributed by atoms with Crippen LogP contribution >= 0.6 is 0 Å². The van der Waals surface area contributed by atoms with Crippen molar-refractivity contribution in [1.82, 2.24) is 9.88 Å². The third-order valence-corrected chi connectivity index (χ3v) is 4.74. The molecule has 1 aliphatic heterocycles. The van der Waals surface area contributed by atoms with E-state index in [0.29, 0.717) is 24.3 Å². The van der Waals surface area contributed by atoms with Gasteiger partial charge in [0, 0.05) is 24.3 Å². The maximum absolute atomic E-state index is 12.8. The molecule has 130 valence electrons. The van der Waals surface area contributed by atoms with Crippen LogP contribution in [0.5, 0.6) is 5.75 Å². The predicted octanol–water partition coefficient (Wildman–Crippen LogP) is 3.47. The molecule has 0 saturated heterocycles. The van der Waals surface area contributed by atoms with Gasteiger partial charge in [0.25, 0.3) is 5.91 Å². The minimum absolute atomic E-state index is 0.0292. The summed E-state index contributed by atoms with van der Waals surface area (Å²) in [7, 11) is 0. The van der Waals surface area contributed by atoms with E-state index in [4.69, 9.17) is 0 Å². The van der Waals surface area contributed by atoms with Crippen molar-refractivity contribution in [2.24, 2.45) is 0 Å². The molecule has 5 heteroatoms. The first-order chi connectivity index (χ1) is 11.9. The van der Waals surface area contributed by atoms with Crippen LogP contribution in [0.25, 0.3) is 5.57 Å². The summed E-state index contributed by atoms with van der Waals surface area (Å²) in [4.78, 5) is 29.4. The summed E-state index contributed by atoms with van der Waals surface area (Å²) >= 11 is 0. The number of ketones is 1. The number of aryl methyl sites for hydroxylation is 1. The Balaban J connectivity index is 1.79. The Bertz CT molecular complexity index is 860. The maximum Gasteiger partial charge on any atom is 0.270 e. The summed E-state index contributed by atoms with van der Waals surface area (Å²) in [6, 6.07) is 7.11. The molecule has 1 aromatic heterocycles. The Kier molecular flexibility index (Phi) is 4.49. The second-order valence-corrected chi connectivity index (χ2v) is 6.46. The molecule has 0 fully saturated rings. The van der Waals surface area contributed by atoms with Crippen molar-refractivity contribution >= 4 is 17.3 Å². The van der Waals surface area contributed by atoms with Crippen LogP contribution in [0.3, 0.4) is 0 Å². The lowest BCUT2D eigenvalue weighted by atomic mass is 9.99. The van der Waals surface area contributed by atoms with Gasteiger partial charge in [0.1, 0.15) is 11.4 Å². The molecule has 0 aliphatic carbocycles. The van der Waals surface area contributed by atoms with Crippen LogP contribution in [-0.2, 0) is 0 Å². The van der Waals surface area contributed by atoms with Crippen molar-refractivity contribution in [2.45, 2.75) is 27.2 Å². The first kappa shape index (κ1) is 17.0. The number of aromatic nitrogens is 1. The quantitative estimate of drug-likeness (QED) is 0.842. The summed E-state index contributed by atoms with van der Waals surface area (Å²) in [5, 5.41) is 9.39. The lowest BCUT2D eigenvalue weighted by Gasteiger charge is -2.26. The van der Waals surface area contributed by atoms with Crippen molar-refractivity contribution in [3.63, 3.8) is 0 Å². The van der Waals surface area contributed by atoms with Crippen LogP contribution < -0.4 is 0 Å². The molecule has 0 unspecified atom stereocenters. The molecule has 0 saturated carbocycles. The second kappa shape index (κ2) is 6.59. The molecule has 2 heterocycles. The van der Waals surface area contributed by atoms with Gasteiger partial charge in [0.05, 0.1) is 0 Å². The maximum atomic E-state index is 12.8. The van der Waals surface area contributed by atoms with Gasteiger partial charge in [-0.2, -0.15) is 0 Å². The van der Waals surface area contributed by atoms with E-state index >= 15 is 0 Å². The zero-order valence-corrected chi connectivity index (χ0v) is 14.7. The van der Waals surface area contributed by atoms with Gasteiger partial charge < -0.3 is 15.0 Å². The number of benzene rings is 1. The van der Waals surface area contributed by atoms with E-state index < -0.39 is 0 Å². The topological polar surface area (TPSA) is 73.4 Å². The van der Waals surface area contributed by atoms with Crippen molar-refractivity contribution in [1.29, 1.82) is 0 Å². The largest absolute Gasteiger partial charge is 0.508 e. The van der Waals surface area contributed by atoms with Crippen LogP contribution in [0, 0.1) is 13.8 Å². The predicted molar refractivity (Wildman–Crippen MR) is 96.9 cm³/mol. The zero-order chi connectivity index (χ0) is 18.1. The fourth-order valence-corrected chi connectivity index (χ4v) is 3.44. The van der Waals surface area contributed by atoms with Gasteiger partial charge in [-0.05, 0) is 56.0 Å². The van der Waals surface area contributed by atoms with Crippen LogP contribution in [-0.4, -0.2) is 39.8 Å². The van der Waals surface area contributed by atoms with Gasteiger partial charge in [0.15, 0.2) is 5.78 Å². The van der Waals surface area contributed by atoms with Gasteiger partial charge in [-0.1, -0.05) is 18.2 Å². The van der Waals surface area contributed by atoms with Crippen molar-refractivity contribution in [2.75, 3.05) is 13.1 Å². The van der Waals surface area contributed by atoms with Crippen LogP contribution in [0.2, 0.25) is 0 Å². The number of hydrogen-bond donors (Lipinski definition) is 2. The van der Waals surface area contributed by atoms with Crippen molar-refractivity contribution in [3.8, 4) is 5.75 Å². The number of aromatic amines is 1. The number of Topliss-reactive ketones (excluding diaryl/α,β-unsaturated/α-hetero) is 1. The van der Waals surface area contributed by atoms with Crippen LogP contribution in [0.15, 0.2) is 30.3 Å². The summed E-state index contributed by atoms with van der Waals surface area (Å²) < 4.78 is 0. The Morgan fingerprint density at radius 1 is 1.16 bits per heavy atom. The lowest BCUT2D eigenvalue weighted by Crippen LogP contribution is -2.35. The number of rotatable bonds is 3. The number of nitrogens with zero attached hydrogens (tertiary/aromatic N) is 1.